The van der Waals surface area contributed by atoms with Crippen LogP contribution in [-0.4, -0.2) is 125 Å². The number of aliphatic hydroxyl groups is 5. The van der Waals surface area contributed by atoms with Crippen molar-refractivity contribution < 1.29 is 84.0 Å². The van der Waals surface area contributed by atoms with Crippen molar-refractivity contribution in [2.45, 2.75) is 68.3 Å². The van der Waals surface area contributed by atoms with Crippen LogP contribution in [0.3, 0.4) is 0 Å². The number of carbonyl (C=O) groups is 1. The smallest absolute Gasteiger partial charge is 0.330 e. The van der Waals surface area contributed by atoms with E-state index in [2.05, 4.69) is 0 Å². The van der Waals surface area contributed by atoms with E-state index in [1.807, 2.05) is 0 Å². The Morgan fingerprint density at radius 2 is 1.46 bits per heavy atom. The van der Waals surface area contributed by atoms with Crippen molar-refractivity contribution in [1.29, 1.82) is 0 Å². The normalized spacial score (nSPS) is 28.6. The number of benzene rings is 3. The highest BCUT2D eigenvalue weighted by Gasteiger charge is 2.50. The molecule has 2 aliphatic rings. The van der Waals surface area contributed by atoms with Gasteiger partial charge >= 0.3 is 5.97 Å². The molecule has 0 amide bonds. The lowest BCUT2D eigenvalue weighted by Crippen LogP contribution is -2.64. The molecule has 6 rings (SSSR count). The second-order valence-corrected chi connectivity index (χ2v) is 12.6. The number of fused-ring (bicyclic) bond motifs is 1. The van der Waals surface area contributed by atoms with Crippen LogP contribution in [0.4, 0.5) is 0 Å². The van der Waals surface area contributed by atoms with Gasteiger partial charge in [-0.3, -0.25) is 4.79 Å². The summed E-state index contributed by atoms with van der Waals surface area (Å²) in [4.78, 5) is 26.0. The SMILES string of the molecule is CC1O[C@@H](Oc2c(-c3ccc(O)cc3)oc3cc(O)cc(O)c3c2=O)[C@@H](O)C(O)[C@H]1O[C@@H]1OC(COC(=O)/C=C/c2ccc(O)c(O)c2)[C@@H](O)[C@H](O)C1O. The quantitative estimate of drug-likeness (QED) is 0.0623. The second kappa shape index (κ2) is 15.5. The lowest BCUT2D eigenvalue weighted by atomic mass is 9.97. The van der Waals surface area contributed by atoms with Gasteiger partial charge in [0.05, 0.1) is 6.10 Å². The van der Waals surface area contributed by atoms with Gasteiger partial charge in [-0.15, -0.1) is 0 Å². The third-order valence-corrected chi connectivity index (χ3v) is 8.82. The monoisotopic (exact) mass is 756 g/mol. The van der Waals surface area contributed by atoms with Crippen LogP contribution in [0.1, 0.15) is 12.5 Å². The van der Waals surface area contributed by atoms with Crippen LogP contribution >= 0.6 is 0 Å². The standard InChI is InChI=1S/C36H36O18/c1-14-32(53-36-30(47)28(45)26(43)23(52-36)13-49-24(42)9-3-15-2-8-19(39)20(40)10-15)29(46)31(48)35(50-14)54-34-27(44)25-21(41)11-18(38)12-22(25)51-33(34)16-4-6-17(37)7-5-16/h2-12,14,23,26,28-32,35-41,43,45-48H,13H2,1H3/b9-3+/t14?,23?,26-,28+,29?,30?,31+,32+,35+,36+/m1/s1. The minimum atomic E-state index is -1.96. The molecule has 2 aliphatic heterocycles. The highest BCUT2D eigenvalue weighted by Crippen LogP contribution is 2.38. The molecule has 18 nitrogen and oxygen atoms in total. The molecular formula is C36H36O18. The van der Waals surface area contributed by atoms with E-state index < -0.39 is 102 Å². The van der Waals surface area contributed by atoms with Crippen LogP contribution in [0.5, 0.6) is 34.5 Å². The fourth-order valence-corrected chi connectivity index (χ4v) is 5.93. The molecule has 0 bridgehead atoms. The van der Waals surface area contributed by atoms with Crippen LogP contribution in [0.2, 0.25) is 0 Å². The summed E-state index contributed by atoms with van der Waals surface area (Å²) in [5.41, 5.74) is -0.624. The zero-order valence-corrected chi connectivity index (χ0v) is 28.1. The van der Waals surface area contributed by atoms with Crippen LogP contribution in [0.25, 0.3) is 28.4 Å². The van der Waals surface area contributed by atoms with Gasteiger partial charge in [0.1, 0.15) is 77.6 Å². The summed E-state index contributed by atoms with van der Waals surface area (Å²) < 4.78 is 33.9. The number of hydrogen-bond donors (Lipinski definition) is 10. The molecule has 0 radical (unpaired) electrons. The van der Waals surface area contributed by atoms with E-state index in [-0.39, 0.29) is 33.8 Å². The molecule has 54 heavy (non-hydrogen) atoms. The number of hydrogen-bond acceptors (Lipinski definition) is 18. The minimum absolute atomic E-state index is 0.114. The van der Waals surface area contributed by atoms with Gasteiger partial charge in [-0.05, 0) is 55.0 Å². The van der Waals surface area contributed by atoms with Crippen molar-refractivity contribution in [2.24, 2.45) is 0 Å². The zero-order valence-electron chi connectivity index (χ0n) is 28.1. The van der Waals surface area contributed by atoms with E-state index in [1.54, 1.807) is 0 Å². The molecule has 3 aromatic carbocycles. The zero-order chi connectivity index (χ0) is 39.0. The average molecular weight is 757 g/mol. The predicted octanol–water partition coefficient (Wildman–Crippen LogP) is 0.283. The third kappa shape index (κ3) is 7.77. The Kier molecular flexibility index (Phi) is 11.0. The van der Waals surface area contributed by atoms with E-state index in [0.29, 0.717) is 5.56 Å². The van der Waals surface area contributed by atoms with Gasteiger partial charge in [-0.1, -0.05) is 6.07 Å². The highest BCUT2D eigenvalue weighted by atomic mass is 16.7. The van der Waals surface area contributed by atoms with Crippen LogP contribution < -0.4 is 10.2 Å². The maximum Gasteiger partial charge on any atom is 0.330 e. The molecule has 0 saturated carbocycles. The summed E-state index contributed by atoms with van der Waals surface area (Å²) in [6, 6.07) is 11.1. The minimum Gasteiger partial charge on any atom is -0.508 e. The van der Waals surface area contributed by atoms with Gasteiger partial charge in [0, 0.05) is 23.8 Å². The maximum atomic E-state index is 13.7. The van der Waals surface area contributed by atoms with E-state index >= 15 is 0 Å². The number of rotatable bonds is 9. The summed E-state index contributed by atoms with van der Waals surface area (Å²) >= 11 is 0. The molecule has 18 heteroatoms. The van der Waals surface area contributed by atoms with Gasteiger partial charge in [-0.2, -0.15) is 0 Å². The van der Waals surface area contributed by atoms with Gasteiger partial charge in [0.15, 0.2) is 23.5 Å². The summed E-state index contributed by atoms with van der Waals surface area (Å²) in [7, 11) is 0. The van der Waals surface area contributed by atoms with Crippen LogP contribution in [-0.2, 0) is 23.7 Å². The van der Waals surface area contributed by atoms with Gasteiger partial charge in [-0.25, -0.2) is 4.79 Å². The fourth-order valence-electron chi connectivity index (χ4n) is 5.93. The Hall–Kier alpha value is -5.44. The van der Waals surface area contributed by atoms with Crippen LogP contribution in [0.15, 0.2) is 69.9 Å². The summed E-state index contributed by atoms with van der Waals surface area (Å²) in [5.74, 6) is -3.69. The first-order chi connectivity index (χ1) is 25.6. The average Bonchev–Trinajstić information content (AvgIpc) is 3.13. The first kappa shape index (κ1) is 38.3. The largest absolute Gasteiger partial charge is 0.508 e. The first-order valence-electron chi connectivity index (χ1n) is 16.3. The Morgan fingerprint density at radius 1 is 0.759 bits per heavy atom. The molecule has 0 aliphatic carbocycles. The lowest BCUT2D eigenvalue weighted by molar-refractivity contribution is -0.349. The van der Waals surface area contributed by atoms with Gasteiger partial charge in [0.2, 0.25) is 17.5 Å². The number of aromatic hydroxyl groups is 5. The molecule has 0 spiro atoms. The van der Waals surface area contributed by atoms with E-state index in [0.717, 1.165) is 18.2 Å². The molecule has 2 saturated heterocycles. The van der Waals surface area contributed by atoms with Gasteiger partial charge < -0.3 is 79.2 Å². The first-order valence-corrected chi connectivity index (χ1v) is 16.3. The molecule has 10 atom stereocenters. The van der Waals surface area contributed by atoms with Crippen molar-refractivity contribution >= 4 is 23.0 Å². The van der Waals surface area contributed by atoms with Gasteiger partial charge in [0.25, 0.3) is 0 Å². The Labute approximate surface area is 304 Å². The Morgan fingerprint density at radius 3 is 2.17 bits per heavy atom. The molecular weight excluding hydrogens is 720 g/mol. The number of phenolic OH excluding ortho intramolecular Hbond substituents is 5. The summed E-state index contributed by atoms with van der Waals surface area (Å²) in [6.45, 7) is 0.744. The van der Waals surface area contributed by atoms with Crippen molar-refractivity contribution in [3.63, 3.8) is 0 Å². The third-order valence-electron chi connectivity index (χ3n) is 8.82. The number of phenols is 5. The fraction of sp³-hybridized carbons (Fsp3) is 0.333. The summed E-state index contributed by atoms with van der Waals surface area (Å²) in [5, 5.41) is 103. The highest BCUT2D eigenvalue weighted by molar-refractivity contribution is 5.88. The number of aliphatic hydroxyl groups excluding tert-OH is 5. The lowest BCUT2D eigenvalue weighted by Gasteiger charge is -2.45. The molecule has 4 aromatic rings. The maximum absolute atomic E-state index is 13.7. The van der Waals surface area contributed by atoms with E-state index in [9.17, 15) is 60.7 Å². The Balaban J connectivity index is 1.16. The predicted molar refractivity (Wildman–Crippen MR) is 181 cm³/mol. The second-order valence-electron chi connectivity index (χ2n) is 12.6. The van der Waals surface area contributed by atoms with Crippen molar-refractivity contribution in [3.05, 3.63) is 76.5 Å². The Bertz CT molecular complexity index is 2080. The molecule has 288 valence electrons. The van der Waals surface area contributed by atoms with Crippen molar-refractivity contribution in [3.8, 4) is 45.8 Å². The van der Waals surface area contributed by atoms with E-state index in [4.69, 9.17) is 28.1 Å². The number of carbonyl (C=O) groups excluding carboxylic acids is 1. The van der Waals surface area contributed by atoms with Crippen LogP contribution in [0, 0.1) is 0 Å². The van der Waals surface area contributed by atoms with E-state index in [1.165, 1.54) is 55.5 Å². The summed E-state index contributed by atoms with van der Waals surface area (Å²) in [6.07, 6.45) is -14.8. The topological polar surface area (TPSA) is 296 Å². The molecule has 1 aromatic heterocycles. The number of ether oxygens (including phenoxy) is 5. The van der Waals surface area contributed by atoms with Crippen molar-refractivity contribution in [2.75, 3.05) is 6.61 Å². The number of esters is 1. The molecule has 3 heterocycles. The molecule has 4 unspecified atom stereocenters. The molecule has 2 fully saturated rings. The van der Waals surface area contributed by atoms with Crippen molar-refractivity contribution in [1.82, 2.24) is 0 Å². The molecule has 10 N–H and O–H groups in total.